The van der Waals surface area contributed by atoms with Gasteiger partial charge in [-0.15, -0.1) is 0 Å². The molecule has 1 aromatic rings. The van der Waals surface area contributed by atoms with Crippen molar-refractivity contribution in [2.45, 2.75) is 13.3 Å². The molecule has 0 radical (unpaired) electrons. The summed E-state index contributed by atoms with van der Waals surface area (Å²) in [5, 5.41) is 2.28. The molecule has 1 aliphatic rings. The Bertz CT molecular complexity index is 475. The van der Waals surface area contributed by atoms with Crippen molar-refractivity contribution in [2.24, 2.45) is 0 Å². The molecule has 1 heterocycles. The first-order chi connectivity index (χ1) is 7.19. The summed E-state index contributed by atoms with van der Waals surface area (Å²) in [7, 11) is 0. The lowest BCUT2D eigenvalue weighted by atomic mass is 9.96. The van der Waals surface area contributed by atoms with Crippen molar-refractivity contribution in [3.63, 3.8) is 0 Å². The van der Waals surface area contributed by atoms with Crippen molar-refractivity contribution in [3.8, 4) is 0 Å². The second-order valence-corrected chi connectivity index (χ2v) is 3.40. The van der Waals surface area contributed by atoms with E-state index in [9.17, 15) is 9.59 Å². The van der Waals surface area contributed by atoms with Crippen LogP contribution < -0.4 is 5.32 Å². The fourth-order valence-corrected chi connectivity index (χ4v) is 1.87. The molecular formula is C12H11NO2. The number of fused-ring (bicyclic) bond motifs is 1. The Morgan fingerprint density at radius 2 is 2.07 bits per heavy atom. The standard InChI is InChI=1S/C12H11NO2/c1-3-7-5-6-9-10(8(7)4-2)12(15)13-11(9)14/h4-6H,2-3H2,1H3,(H,13,14,15). The van der Waals surface area contributed by atoms with E-state index in [0.29, 0.717) is 11.1 Å². The number of amides is 2. The summed E-state index contributed by atoms with van der Waals surface area (Å²) >= 11 is 0. The number of carbonyl (C=O) groups is 2. The highest BCUT2D eigenvalue weighted by Gasteiger charge is 2.29. The van der Waals surface area contributed by atoms with E-state index in [4.69, 9.17) is 0 Å². The van der Waals surface area contributed by atoms with E-state index in [2.05, 4.69) is 11.9 Å². The van der Waals surface area contributed by atoms with Crippen molar-refractivity contribution in [1.82, 2.24) is 5.32 Å². The molecule has 0 saturated heterocycles. The predicted molar refractivity (Wildman–Crippen MR) is 57.7 cm³/mol. The fraction of sp³-hybridized carbons (Fsp3) is 0.167. The van der Waals surface area contributed by atoms with Gasteiger partial charge >= 0.3 is 0 Å². The van der Waals surface area contributed by atoms with Crippen LogP contribution in [-0.2, 0) is 6.42 Å². The molecule has 0 spiro atoms. The van der Waals surface area contributed by atoms with Gasteiger partial charge in [0, 0.05) is 0 Å². The molecule has 2 amide bonds. The van der Waals surface area contributed by atoms with Crippen molar-refractivity contribution in [1.29, 1.82) is 0 Å². The van der Waals surface area contributed by atoms with E-state index in [1.54, 1.807) is 12.1 Å². The molecule has 0 saturated carbocycles. The second-order valence-electron chi connectivity index (χ2n) is 3.40. The minimum Gasteiger partial charge on any atom is -0.288 e. The molecule has 1 aromatic carbocycles. The molecule has 15 heavy (non-hydrogen) atoms. The highest BCUT2D eigenvalue weighted by molar-refractivity contribution is 6.23. The fourth-order valence-electron chi connectivity index (χ4n) is 1.87. The highest BCUT2D eigenvalue weighted by atomic mass is 16.2. The van der Waals surface area contributed by atoms with Crippen LogP contribution in [0.5, 0.6) is 0 Å². The average Bonchev–Trinajstić information content (AvgIpc) is 2.53. The SMILES string of the molecule is C=Cc1c(CC)ccc2c1C(=O)NC2=O. The molecule has 1 N–H and O–H groups in total. The molecule has 0 unspecified atom stereocenters. The van der Waals surface area contributed by atoms with E-state index in [1.165, 1.54) is 0 Å². The van der Waals surface area contributed by atoms with E-state index < -0.39 is 0 Å². The summed E-state index contributed by atoms with van der Waals surface area (Å²) in [6.07, 6.45) is 2.45. The zero-order valence-electron chi connectivity index (χ0n) is 8.46. The second kappa shape index (κ2) is 3.35. The molecule has 0 aliphatic carbocycles. The van der Waals surface area contributed by atoms with Crippen molar-refractivity contribution >= 4 is 17.9 Å². The van der Waals surface area contributed by atoms with Gasteiger partial charge in [-0.25, -0.2) is 0 Å². The molecular weight excluding hydrogens is 190 g/mol. The van der Waals surface area contributed by atoms with Crippen LogP contribution in [-0.4, -0.2) is 11.8 Å². The normalized spacial score (nSPS) is 13.7. The van der Waals surface area contributed by atoms with Gasteiger partial charge in [0.15, 0.2) is 0 Å². The first-order valence-corrected chi connectivity index (χ1v) is 4.83. The summed E-state index contributed by atoms with van der Waals surface area (Å²) in [5.74, 6) is -0.638. The number of benzene rings is 1. The van der Waals surface area contributed by atoms with E-state index in [1.807, 2.05) is 13.0 Å². The Balaban J connectivity index is 2.76. The topological polar surface area (TPSA) is 46.2 Å². The molecule has 0 bridgehead atoms. The van der Waals surface area contributed by atoms with Crippen LogP contribution in [0.15, 0.2) is 18.7 Å². The third kappa shape index (κ3) is 1.28. The van der Waals surface area contributed by atoms with Crippen LogP contribution in [0.25, 0.3) is 6.08 Å². The zero-order chi connectivity index (χ0) is 11.0. The van der Waals surface area contributed by atoms with Crippen molar-refractivity contribution < 1.29 is 9.59 Å². The molecule has 0 aromatic heterocycles. The Morgan fingerprint density at radius 3 is 2.67 bits per heavy atom. The van der Waals surface area contributed by atoms with Crippen molar-refractivity contribution in [3.05, 3.63) is 41.0 Å². The van der Waals surface area contributed by atoms with Gasteiger partial charge in [0.2, 0.25) is 0 Å². The minimum absolute atomic E-state index is 0.319. The largest absolute Gasteiger partial charge is 0.288 e. The Morgan fingerprint density at radius 1 is 1.33 bits per heavy atom. The van der Waals surface area contributed by atoms with Crippen LogP contribution in [0.3, 0.4) is 0 Å². The van der Waals surface area contributed by atoms with E-state index >= 15 is 0 Å². The van der Waals surface area contributed by atoms with Gasteiger partial charge in [-0.05, 0) is 23.6 Å². The van der Waals surface area contributed by atoms with Gasteiger partial charge in [-0.1, -0.05) is 25.6 Å². The monoisotopic (exact) mass is 201 g/mol. The number of carbonyl (C=O) groups excluding carboxylic acids is 2. The molecule has 3 heteroatoms. The lowest BCUT2D eigenvalue weighted by Crippen LogP contribution is -2.20. The molecule has 0 atom stereocenters. The van der Waals surface area contributed by atoms with Gasteiger partial charge in [0.05, 0.1) is 11.1 Å². The molecule has 3 nitrogen and oxygen atoms in total. The minimum atomic E-state index is -0.319. The van der Waals surface area contributed by atoms with Gasteiger partial charge in [0.1, 0.15) is 0 Å². The third-order valence-corrected chi connectivity index (χ3v) is 2.62. The summed E-state index contributed by atoms with van der Waals surface area (Å²) in [4.78, 5) is 22.9. The van der Waals surface area contributed by atoms with Crippen molar-refractivity contribution in [2.75, 3.05) is 0 Å². The first-order valence-electron chi connectivity index (χ1n) is 4.83. The maximum absolute atomic E-state index is 11.5. The predicted octanol–water partition coefficient (Wildman–Crippen LogP) is 1.78. The summed E-state index contributed by atoms with van der Waals surface area (Å²) < 4.78 is 0. The maximum atomic E-state index is 11.5. The van der Waals surface area contributed by atoms with Crippen LogP contribution in [0.2, 0.25) is 0 Å². The first kappa shape index (κ1) is 9.65. The number of rotatable bonds is 2. The lowest BCUT2D eigenvalue weighted by Gasteiger charge is -2.06. The maximum Gasteiger partial charge on any atom is 0.259 e. The van der Waals surface area contributed by atoms with Crippen LogP contribution >= 0.6 is 0 Å². The van der Waals surface area contributed by atoms with E-state index in [-0.39, 0.29) is 11.8 Å². The van der Waals surface area contributed by atoms with Gasteiger partial charge in [-0.3, -0.25) is 14.9 Å². The lowest BCUT2D eigenvalue weighted by molar-refractivity contribution is 0.0879. The van der Waals surface area contributed by atoms with Crippen LogP contribution in [0.1, 0.15) is 38.8 Å². The van der Waals surface area contributed by atoms with E-state index in [0.717, 1.165) is 17.5 Å². The smallest absolute Gasteiger partial charge is 0.259 e. The average molecular weight is 201 g/mol. The summed E-state index contributed by atoms with van der Waals surface area (Å²) in [6.45, 7) is 5.69. The van der Waals surface area contributed by atoms with Gasteiger partial charge in [0.25, 0.3) is 11.8 Å². The van der Waals surface area contributed by atoms with Gasteiger partial charge < -0.3 is 0 Å². The highest BCUT2D eigenvalue weighted by Crippen LogP contribution is 2.24. The quantitative estimate of drug-likeness (QED) is 0.741. The molecule has 0 fully saturated rings. The van der Waals surface area contributed by atoms with Crippen LogP contribution in [0, 0.1) is 0 Å². The third-order valence-electron chi connectivity index (χ3n) is 2.62. The number of nitrogens with one attached hydrogen (secondary N) is 1. The number of aryl methyl sites for hydroxylation is 1. The Hall–Kier alpha value is -1.90. The summed E-state index contributed by atoms with van der Waals surface area (Å²) in [5.41, 5.74) is 2.73. The summed E-state index contributed by atoms with van der Waals surface area (Å²) in [6, 6.07) is 3.56. The number of hydrogen-bond acceptors (Lipinski definition) is 2. The van der Waals surface area contributed by atoms with Gasteiger partial charge in [-0.2, -0.15) is 0 Å². The Kier molecular flexibility index (Phi) is 2.15. The molecule has 2 rings (SSSR count). The van der Waals surface area contributed by atoms with Crippen LogP contribution in [0.4, 0.5) is 0 Å². The number of imide groups is 1. The zero-order valence-corrected chi connectivity index (χ0v) is 8.46. The Labute approximate surface area is 87.8 Å². The molecule has 1 aliphatic heterocycles. The molecule has 76 valence electrons. The number of hydrogen-bond donors (Lipinski definition) is 1.